The molecule has 13 nitrogen and oxygen atoms in total. The maximum absolute atomic E-state index is 17.5. The molecule has 3 amide bonds. The van der Waals surface area contributed by atoms with Crippen LogP contribution in [0.1, 0.15) is 90.2 Å². The molecule has 1 aromatic carbocycles. The summed E-state index contributed by atoms with van der Waals surface area (Å²) in [5.41, 5.74) is -4.71. The molecule has 2 saturated heterocycles. The average molecular weight is 805 g/mol. The minimum atomic E-state index is -5.43. The van der Waals surface area contributed by atoms with Crippen molar-refractivity contribution in [2.75, 3.05) is 23.8 Å². The highest BCUT2D eigenvalue weighted by Gasteiger charge is 2.65. The van der Waals surface area contributed by atoms with Crippen molar-refractivity contribution in [1.82, 2.24) is 20.2 Å². The van der Waals surface area contributed by atoms with Crippen molar-refractivity contribution in [2.24, 2.45) is 5.92 Å². The Labute approximate surface area is 325 Å². The fourth-order valence-electron chi connectivity index (χ4n) is 8.63. The monoisotopic (exact) mass is 804 g/mol. The van der Waals surface area contributed by atoms with Crippen molar-refractivity contribution in [3.8, 4) is 22.9 Å². The summed E-state index contributed by atoms with van der Waals surface area (Å²) in [5.74, 6) is -4.93. The van der Waals surface area contributed by atoms with E-state index >= 15 is 8.78 Å². The third kappa shape index (κ3) is 7.19. The van der Waals surface area contributed by atoms with Crippen LogP contribution in [0.2, 0.25) is 0 Å². The quantitative estimate of drug-likeness (QED) is 0.244. The Morgan fingerprint density at radius 1 is 0.965 bits per heavy atom. The molecule has 4 atom stereocenters. The maximum atomic E-state index is 17.5. The highest BCUT2D eigenvalue weighted by Crippen LogP contribution is 2.57. The van der Waals surface area contributed by atoms with Crippen LogP contribution in [0, 0.1) is 24.5 Å². The summed E-state index contributed by atoms with van der Waals surface area (Å²) < 4.78 is 96.5. The summed E-state index contributed by atoms with van der Waals surface area (Å²) in [5, 5.41) is 4.56. The van der Waals surface area contributed by atoms with E-state index in [-0.39, 0.29) is 46.2 Å². The van der Waals surface area contributed by atoms with Crippen molar-refractivity contribution in [3.63, 3.8) is 0 Å². The molecule has 1 aliphatic carbocycles. The number of halogens is 5. The number of amides is 3. The molecule has 3 aromatic rings. The second-order valence-corrected chi connectivity index (χ2v) is 17.1. The number of pyridine rings is 2. The van der Waals surface area contributed by atoms with E-state index in [1.807, 2.05) is 9.80 Å². The van der Waals surface area contributed by atoms with Gasteiger partial charge >= 0.3 is 18.5 Å². The Morgan fingerprint density at radius 2 is 1.63 bits per heavy atom. The van der Waals surface area contributed by atoms with Crippen molar-refractivity contribution >= 4 is 40.4 Å². The third-order valence-electron chi connectivity index (χ3n) is 10.7. The van der Waals surface area contributed by atoms with Gasteiger partial charge in [0, 0.05) is 30.7 Å². The summed E-state index contributed by atoms with van der Waals surface area (Å²) in [4.78, 5) is 53.1. The summed E-state index contributed by atoms with van der Waals surface area (Å²) in [7, 11) is 1.37. The number of nitrogens with one attached hydrogen (secondary N) is 2. The van der Waals surface area contributed by atoms with Gasteiger partial charge in [0.2, 0.25) is 5.88 Å². The Balaban J connectivity index is 1.46. The molecular formula is C39H45F5N6O7. The second kappa shape index (κ2) is 13.5. The lowest BCUT2D eigenvalue weighted by Crippen LogP contribution is -2.71. The lowest BCUT2D eigenvalue weighted by atomic mass is 9.87. The van der Waals surface area contributed by atoms with Crippen LogP contribution in [0.15, 0.2) is 12.1 Å². The number of aromatic nitrogens is 2. The smallest absolute Gasteiger partial charge is 0.472 e. The molecule has 18 heteroatoms. The van der Waals surface area contributed by atoms with Crippen LogP contribution >= 0.6 is 0 Å². The van der Waals surface area contributed by atoms with Crippen molar-refractivity contribution in [1.29, 1.82) is 0 Å². The number of anilines is 2. The van der Waals surface area contributed by atoms with Crippen LogP contribution in [0.25, 0.3) is 22.0 Å². The average Bonchev–Trinajstić information content (AvgIpc) is 3.90. The molecule has 4 aliphatic rings. The van der Waals surface area contributed by atoms with E-state index in [1.165, 1.54) is 14.0 Å². The van der Waals surface area contributed by atoms with Gasteiger partial charge in [0.05, 0.1) is 28.6 Å². The summed E-state index contributed by atoms with van der Waals surface area (Å²) in [6, 6.07) is 0.319. The van der Waals surface area contributed by atoms with Gasteiger partial charge in [-0.2, -0.15) is 0 Å². The van der Waals surface area contributed by atoms with Gasteiger partial charge in [-0.1, -0.05) is 0 Å². The minimum absolute atomic E-state index is 0.000677. The Hall–Kier alpha value is -5.16. The Morgan fingerprint density at radius 3 is 2.23 bits per heavy atom. The van der Waals surface area contributed by atoms with E-state index in [4.69, 9.17) is 19.2 Å². The first-order valence-corrected chi connectivity index (χ1v) is 18.7. The van der Waals surface area contributed by atoms with Gasteiger partial charge in [-0.25, -0.2) is 28.3 Å². The number of piperazine rings is 1. The van der Waals surface area contributed by atoms with Crippen molar-refractivity contribution in [2.45, 2.75) is 122 Å². The lowest BCUT2D eigenvalue weighted by Gasteiger charge is -2.54. The number of hydrogen-bond donors (Lipinski definition) is 2. The maximum Gasteiger partial charge on any atom is 0.573 e. The largest absolute Gasteiger partial charge is 0.573 e. The molecule has 5 heterocycles. The molecule has 2 N–H and O–H groups in total. The minimum Gasteiger partial charge on any atom is -0.472 e. The molecule has 1 saturated carbocycles. The Bertz CT molecular complexity index is 2180. The van der Waals surface area contributed by atoms with Crippen LogP contribution in [-0.4, -0.2) is 87.8 Å². The lowest BCUT2D eigenvalue weighted by molar-refractivity contribution is -0.275. The van der Waals surface area contributed by atoms with Crippen LogP contribution in [-0.2, 0) is 9.47 Å². The van der Waals surface area contributed by atoms with Gasteiger partial charge in [0.1, 0.15) is 34.5 Å². The van der Waals surface area contributed by atoms with E-state index in [0.29, 0.717) is 18.9 Å². The third-order valence-corrected chi connectivity index (χ3v) is 10.7. The number of carbonyl (C=O) groups is 3. The highest BCUT2D eigenvalue weighted by atomic mass is 19.4. The standard InChI is InChI=1S/C39H45F5N6O7/c1-17-24-25-31(47-27(17)32(51)45-9)49-16-38(19-10-11-19)13-12-23(50(38)35(53)57-37(6,7)8)29(49)18(2)54-33(25)48-28(26(24)41)21-14-20(46-34(52)56-36(3,4)5)15-22(40)30(21)55-39(42,43)44/h14-15,18-19,23,29H,10-13,16H2,1-9H3,(H,45,51)(H,46,52)/t18-,23-,29+,38+/m0/s1. The van der Waals surface area contributed by atoms with Gasteiger partial charge in [0.25, 0.3) is 5.91 Å². The summed E-state index contributed by atoms with van der Waals surface area (Å²) >= 11 is 0. The molecule has 2 aromatic heterocycles. The molecule has 57 heavy (non-hydrogen) atoms. The van der Waals surface area contributed by atoms with Gasteiger partial charge < -0.3 is 29.2 Å². The molecule has 2 bridgehead atoms. The number of nitrogens with zero attached hydrogens (tertiary/aromatic N) is 4. The normalized spacial score (nSPS) is 23.0. The number of aryl methyl sites for hydroxylation is 1. The van der Waals surface area contributed by atoms with Crippen molar-refractivity contribution < 1.29 is 55.3 Å². The predicted octanol–water partition coefficient (Wildman–Crippen LogP) is 8.01. The second-order valence-electron chi connectivity index (χ2n) is 17.1. The van der Waals surface area contributed by atoms with E-state index in [2.05, 4.69) is 20.4 Å². The van der Waals surface area contributed by atoms with E-state index in [9.17, 15) is 27.6 Å². The number of fused-ring (bicyclic) bond motifs is 5. The van der Waals surface area contributed by atoms with E-state index in [0.717, 1.165) is 18.9 Å². The molecule has 0 unspecified atom stereocenters. The number of alkyl halides is 3. The summed E-state index contributed by atoms with van der Waals surface area (Å²) in [6.07, 6.45) is -4.84. The molecule has 3 fully saturated rings. The van der Waals surface area contributed by atoms with E-state index in [1.54, 1.807) is 48.5 Å². The van der Waals surface area contributed by atoms with Gasteiger partial charge in [-0.05, 0) is 98.6 Å². The van der Waals surface area contributed by atoms with Crippen LogP contribution < -0.4 is 25.0 Å². The summed E-state index contributed by atoms with van der Waals surface area (Å²) in [6.45, 7) is 13.4. The van der Waals surface area contributed by atoms with Gasteiger partial charge in [0.15, 0.2) is 17.4 Å². The van der Waals surface area contributed by atoms with Gasteiger partial charge in [-0.3, -0.25) is 15.0 Å². The first-order valence-electron chi connectivity index (χ1n) is 18.7. The zero-order chi connectivity index (χ0) is 41.7. The molecule has 7 rings (SSSR count). The molecule has 0 radical (unpaired) electrons. The molecular weight excluding hydrogens is 759 g/mol. The number of rotatable bonds is 5. The number of benzene rings is 1. The molecule has 0 spiro atoms. The number of carbonyl (C=O) groups excluding carboxylic acids is 3. The van der Waals surface area contributed by atoms with Gasteiger partial charge in [-0.15, -0.1) is 13.2 Å². The van der Waals surface area contributed by atoms with Crippen LogP contribution in [0.3, 0.4) is 0 Å². The zero-order valence-corrected chi connectivity index (χ0v) is 33.0. The van der Waals surface area contributed by atoms with Crippen LogP contribution in [0.5, 0.6) is 11.6 Å². The van der Waals surface area contributed by atoms with E-state index < -0.39 is 93.7 Å². The predicted molar refractivity (Wildman–Crippen MR) is 197 cm³/mol. The van der Waals surface area contributed by atoms with Crippen molar-refractivity contribution in [3.05, 3.63) is 35.0 Å². The number of ether oxygens (including phenoxy) is 4. The zero-order valence-electron chi connectivity index (χ0n) is 33.0. The van der Waals surface area contributed by atoms with Crippen LogP contribution in [0.4, 0.5) is 43.0 Å². The SMILES string of the molecule is CNC(=O)c1nc2c3c(nc(-c4cc(NC(=O)OC(C)(C)C)cc(F)c4OC(F)(F)F)c(F)c3c1C)O[C@@H](C)[C@@H]1[C@@H]3CC[C@](C4CC4)(CN21)N3C(=O)OC(C)(C)C. The fourth-order valence-corrected chi connectivity index (χ4v) is 8.63. The molecule has 308 valence electrons. The highest BCUT2D eigenvalue weighted by molar-refractivity contribution is 6.07. The fraction of sp³-hybridized carbons (Fsp3) is 0.564. The number of hydrogen-bond acceptors (Lipinski definition) is 10. The first-order chi connectivity index (χ1) is 26.4. The Kier molecular flexibility index (Phi) is 9.46. The first kappa shape index (κ1) is 40.1. The molecule has 3 aliphatic heterocycles. The topological polar surface area (TPSA) is 144 Å².